The molecular formula is C12H19N3O3S. The zero-order chi connectivity index (χ0) is 14.5. The standard InChI is InChI=1S/C12H19N3O3S/c1-15(7-8-19(2,17)18)9-10-3-5-11(6-4-10)12(16)14-13/h3-6H,7-9,13H2,1-2H3,(H,14,16). The van der Waals surface area contributed by atoms with Crippen molar-refractivity contribution in [2.75, 3.05) is 25.6 Å². The molecule has 1 rings (SSSR count). The number of carbonyl (C=O) groups excluding carboxylic acids is 1. The fourth-order valence-electron chi connectivity index (χ4n) is 1.56. The van der Waals surface area contributed by atoms with Gasteiger partial charge in [0.25, 0.3) is 5.91 Å². The van der Waals surface area contributed by atoms with Gasteiger partial charge in [-0.3, -0.25) is 10.2 Å². The summed E-state index contributed by atoms with van der Waals surface area (Å²) in [4.78, 5) is 13.2. The number of nitrogens with one attached hydrogen (secondary N) is 1. The molecule has 0 unspecified atom stereocenters. The number of hydrogen-bond acceptors (Lipinski definition) is 5. The predicted molar refractivity (Wildman–Crippen MR) is 74.1 cm³/mol. The van der Waals surface area contributed by atoms with Crippen LogP contribution in [0.1, 0.15) is 15.9 Å². The van der Waals surface area contributed by atoms with Gasteiger partial charge in [0.2, 0.25) is 0 Å². The lowest BCUT2D eigenvalue weighted by Gasteiger charge is -2.16. The van der Waals surface area contributed by atoms with E-state index >= 15 is 0 Å². The van der Waals surface area contributed by atoms with Crippen LogP contribution in [0.5, 0.6) is 0 Å². The molecule has 106 valence electrons. The number of rotatable bonds is 6. The third-order valence-corrected chi connectivity index (χ3v) is 3.57. The molecule has 0 aliphatic carbocycles. The quantitative estimate of drug-likeness (QED) is 0.428. The van der Waals surface area contributed by atoms with Gasteiger partial charge in [-0.2, -0.15) is 0 Å². The number of amides is 1. The lowest BCUT2D eigenvalue weighted by molar-refractivity contribution is 0.0953. The minimum atomic E-state index is -2.94. The average Bonchev–Trinajstić information content (AvgIpc) is 2.35. The first kappa shape index (κ1) is 15.6. The van der Waals surface area contributed by atoms with Crippen LogP contribution in [0.15, 0.2) is 24.3 Å². The average molecular weight is 285 g/mol. The summed E-state index contributed by atoms with van der Waals surface area (Å²) in [5.41, 5.74) is 3.56. The second kappa shape index (κ2) is 6.65. The molecule has 0 spiro atoms. The second-order valence-electron chi connectivity index (χ2n) is 4.54. The maximum absolute atomic E-state index is 11.2. The number of sulfone groups is 1. The van der Waals surface area contributed by atoms with E-state index in [4.69, 9.17) is 5.84 Å². The molecule has 0 atom stereocenters. The fraction of sp³-hybridized carbons (Fsp3) is 0.417. The number of nitrogen functional groups attached to an aromatic ring is 1. The summed E-state index contributed by atoms with van der Waals surface area (Å²) in [7, 11) is -1.09. The van der Waals surface area contributed by atoms with E-state index in [1.54, 1.807) is 12.1 Å². The highest BCUT2D eigenvalue weighted by molar-refractivity contribution is 7.90. The molecule has 1 aromatic rings. The van der Waals surface area contributed by atoms with E-state index in [9.17, 15) is 13.2 Å². The Labute approximate surface area is 113 Å². The predicted octanol–water partition coefficient (Wildman–Crippen LogP) is -0.233. The monoisotopic (exact) mass is 285 g/mol. The maximum atomic E-state index is 11.2. The lowest BCUT2D eigenvalue weighted by atomic mass is 10.1. The molecule has 0 fully saturated rings. The summed E-state index contributed by atoms with van der Waals surface area (Å²) < 4.78 is 22.1. The van der Waals surface area contributed by atoms with Crippen molar-refractivity contribution < 1.29 is 13.2 Å². The molecular weight excluding hydrogens is 266 g/mol. The summed E-state index contributed by atoms with van der Waals surface area (Å²) in [6, 6.07) is 7.01. The zero-order valence-corrected chi connectivity index (χ0v) is 11.9. The molecule has 0 saturated carbocycles. The van der Waals surface area contributed by atoms with E-state index in [-0.39, 0.29) is 11.7 Å². The van der Waals surface area contributed by atoms with E-state index in [1.807, 2.05) is 24.1 Å². The molecule has 7 heteroatoms. The van der Waals surface area contributed by atoms with Crippen molar-refractivity contribution in [3.05, 3.63) is 35.4 Å². The summed E-state index contributed by atoms with van der Waals surface area (Å²) in [5.74, 6) is 4.84. The Bertz CT molecular complexity index is 526. The van der Waals surface area contributed by atoms with Gasteiger partial charge in [0.05, 0.1) is 5.75 Å². The Kier molecular flexibility index (Phi) is 5.46. The van der Waals surface area contributed by atoms with Gasteiger partial charge in [-0.05, 0) is 24.7 Å². The van der Waals surface area contributed by atoms with Crippen molar-refractivity contribution in [1.82, 2.24) is 10.3 Å². The van der Waals surface area contributed by atoms with Gasteiger partial charge in [0.1, 0.15) is 9.84 Å². The molecule has 0 aliphatic rings. The number of hydrogen-bond donors (Lipinski definition) is 2. The number of nitrogens with zero attached hydrogens (tertiary/aromatic N) is 1. The highest BCUT2D eigenvalue weighted by atomic mass is 32.2. The van der Waals surface area contributed by atoms with Crippen molar-refractivity contribution in [2.45, 2.75) is 6.54 Å². The minimum absolute atomic E-state index is 0.136. The number of carbonyl (C=O) groups is 1. The maximum Gasteiger partial charge on any atom is 0.265 e. The first-order valence-electron chi connectivity index (χ1n) is 5.78. The second-order valence-corrected chi connectivity index (χ2v) is 6.80. The van der Waals surface area contributed by atoms with Gasteiger partial charge < -0.3 is 4.90 Å². The molecule has 3 N–H and O–H groups in total. The Morgan fingerprint density at radius 1 is 1.32 bits per heavy atom. The fourth-order valence-corrected chi connectivity index (χ4v) is 2.20. The smallest absolute Gasteiger partial charge is 0.265 e. The van der Waals surface area contributed by atoms with Gasteiger partial charge in [0.15, 0.2) is 0 Å². The van der Waals surface area contributed by atoms with E-state index in [1.165, 1.54) is 6.26 Å². The lowest BCUT2D eigenvalue weighted by Crippen LogP contribution is -2.30. The van der Waals surface area contributed by atoms with Crippen molar-refractivity contribution in [1.29, 1.82) is 0 Å². The molecule has 0 aliphatic heterocycles. The van der Waals surface area contributed by atoms with Gasteiger partial charge in [-0.25, -0.2) is 14.3 Å². The molecule has 0 aromatic heterocycles. The van der Waals surface area contributed by atoms with Crippen molar-refractivity contribution in [3.8, 4) is 0 Å². The Morgan fingerprint density at radius 2 is 1.89 bits per heavy atom. The molecule has 0 heterocycles. The topological polar surface area (TPSA) is 92.5 Å². The van der Waals surface area contributed by atoms with Crippen LogP contribution in [0, 0.1) is 0 Å². The summed E-state index contributed by atoms with van der Waals surface area (Å²) in [6.45, 7) is 1.10. The normalized spacial score (nSPS) is 11.6. The van der Waals surface area contributed by atoms with Crippen LogP contribution in [0.25, 0.3) is 0 Å². The molecule has 1 amide bonds. The molecule has 6 nitrogen and oxygen atoms in total. The van der Waals surface area contributed by atoms with Crippen LogP contribution in [0.3, 0.4) is 0 Å². The van der Waals surface area contributed by atoms with Gasteiger partial charge in [-0.1, -0.05) is 12.1 Å². The third-order valence-electron chi connectivity index (χ3n) is 2.64. The third kappa shape index (κ3) is 5.82. The van der Waals surface area contributed by atoms with Crippen LogP contribution < -0.4 is 11.3 Å². The molecule has 0 saturated heterocycles. The number of benzene rings is 1. The largest absolute Gasteiger partial charge is 0.301 e. The van der Waals surface area contributed by atoms with Crippen LogP contribution in [-0.4, -0.2) is 44.8 Å². The van der Waals surface area contributed by atoms with Gasteiger partial charge in [0, 0.05) is 24.9 Å². The Balaban J connectivity index is 2.55. The first-order chi connectivity index (χ1) is 8.81. The van der Waals surface area contributed by atoms with Crippen LogP contribution >= 0.6 is 0 Å². The number of nitrogens with two attached hydrogens (primary N) is 1. The van der Waals surface area contributed by atoms with E-state index in [2.05, 4.69) is 5.43 Å². The van der Waals surface area contributed by atoms with Crippen LogP contribution in [0.2, 0.25) is 0 Å². The zero-order valence-electron chi connectivity index (χ0n) is 11.1. The Hall–Kier alpha value is -1.44. The van der Waals surface area contributed by atoms with E-state index in [0.717, 1.165) is 5.56 Å². The summed E-state index contributed by atoms with van der Waals surface area (Å²) in [5, 5.41) is 0. The molecule has 0 radical (unpaired) electrons. The molecule has 19 heavy (non-hydrogen) atoms. The van der Waals surface area contributed by atoms with Crippen molar-refractivity contribution in [3.63, 3.8) is 0 Å². The highest BCUT2D eigenvalue weighted by Gasteiger charge is 2.07. The van der Waals surface area contributed by atoms with E-state index in [0.29, 0.717) is 18.7 Å². The van der Waals surface area contributed by atoms with Crippen LogP contribution in [0.4, 0.5) is 0 Å². The van der Waals surface area contributed by atoms with Crippen molar-refractivity contribution in [2.24, 2.45) is 5.84 Å². The Morgan fingerprint density at radius 3 is 2.37 bits per heavy atom. The molecule has 1 aromatic carbocycles. The van der Waals surface area contributed by atoms with Gasteiger partial charge in [-0.15, -0.1) is 0 Å². The van der Waals surface area contributed by atoms with Crippen LogP contribution in [-0.2, 0) is 16.4 Å². The van der Waals surface area contributed by atoms with E-state index < -0.39 is 9.84 Å². The minimum Gasteiger partial charge on any atom is -0.301 e. The van der Waals surface area contributed by atoms with Gasteiger partial charge >= 0.3 is 0 Å². The molecule has 0 bridgehead atoms. The summed E-state index contributed by atoms with van der Waals surface area (Å²) >= 11 is 0. The number of hydrazine groups is 1. The first-order valence-corrected chi connectivity index (χ1v) is 7.84. The van der Waals surface area contributed by atoms with Crippen molar-refractivity contribution >= 4 is 15.7 Å². The highest BCUT2D eigenvalue weighted by Crippen LogP contribution is 2.06. The SMILES string of the molecule is CN(CCS(C)(=O)=O)Cc1ccc(C(=O)NN)cc1. The summed E-state index contributed by atoms with van der Waals surface area (Å²) in [6.07, 6.45) is 1.22.